The molecule has 1 aromatic rings. The Kier molecular flexibility index (Phi) is 6.37. The van der Waals surface area contributed by atoms with Crippen LogP contribution in [0.15, 0.2) is 10.6 Å². The van der Waals surface area contributed by atoms with Crippen LogP contribution in [-0.2, 0) is 16.1 Å². The van der Waals surface area contributed by atoms with E-state index in [1.165, 1.54) is 11.0 Å². The summed E-state index contributed by atoms with van der Waals surface area (Å²) < 4.78 is 14.8. The number of hydrogen-bond donors (Lipinski definition) is 2. The molecule has 0 aromatic carbocycles. The number of carbonyl (C=O) groups excluding carboxylic acids is 2. The molecule has 1 aromatic heterocycles. The molecule has 10 nitrogen and oxygen atoms in total. The number of likely N-dealkylation sites (tertiary alicyclic amines) is 1. The molecule has 3 rings (SSSR count). The number of rotatable bonds is 7. The van der Waals surface area contributed by atoms with Gasteiger partial charge in [-0.3, -0.25) is 0 Å². The van der Waals surface area contributed by atoms with Crippen LogP contribution < -0.4 is 5.32 Å². The van der Waals surface area contributed by atoms with E-state index in [0.717, 1.165) is 19.3 Å². The summed E-state index contributed by atoms with van der Waals surface area (Å²) in [6.45, 7) is 3.54. The molecule has 3 atom stereocenters. The largest absolute Gasteiger partial charge is 0.465 e. The lowest BCUT2D eigenvalue weighted by molar-refractivity contribution is 0.0514. The molecule has 0 spiro atoms. The van der Waals surface area contributed by atoms with Gasteiger partial charge in [0.2, 0.25) is 0 Å². The van der Waals surface area contributed by atoms with Crippen molar-refractivity contribution in [2.75, 3.05) is 26.2 Å². The van der Waals surface area contributed by atoms with Gasteiger partial charge in [-0.15, -0.1) is 0 Å². The predicted octanol–water partition coefficient (Wildman–Crippen LogP) is 2.10. The zero-order valence-corrected chi connectivity index (χ0v) is 15.8. The average molecular weight is 395 g/mol. The summed E-state index contributed by atoms with van der Waals surface area (Å²) in [5.74, 6) is 1.04. The zero-order chi connectivity index (χ0) is 20.1. The second-order valence-electron chi connectivity index (χ2n) is 7.24. The number of carboxylic acid groups (broad SMARTS) is 1. The molecule has 1 aliphatic carbocycles. The highest BCUT2D eigenvalue weighted by Gasteiger charge is 2.42. The van der Waals surface area contributed by atoms with Crippen molar-refractivity contribution in [3.05, 3.63) is 17.5 Å². The lowest BCUT2D eigenvalue weighted by Gasteiger charge is -2.16. The van der Waals surface area contributed by atoms with Crippen LogP contribution in [0.25, 0.3) is 0 Å². The molecular weight excluding hydrogens is 370 g/mol. The van der Waals surface area contributed by atoms with Gasteiger partial charge in [-0.05, 0) is 43.9 Å². The summed E-state index contributed by atoms with van der Waals surface area (Å²) >= 11 is 0. The number of carbonyl (C=O) groups is 3. The standard InChI is InChI=1S/C18H25N3O7/c1-2-26-16(22)15-7-14(28-20-15)10-27-17(23)19-4-3-11-5-12-8-21(18(24)25)9-13(12)6-11/h7,11-13H,2-6,8-10H2,1H3,(H,19,23)(H,24,25)/t11-,12+,13-. The molecule has 28 heavy (non-hydrogen) atoms. The van der Waals surface area contributed by atoms with E-state index in [0.29, 0.717) is 37.4 Å². The fourth-order valence-corrected chi connectivity index (χ4v) is 4.07. The number of aromatic nitrogens is 1. The highest BCUT2D eigenvalue weighted by molar-refractivity contribution is 5.87. The van der Waals surface area contributed by atoms with Gasteiger partial charge >= 0.3 is 18.2 Å². The number of ether oxygens (including phenoxy) is 2. The van der Waals surface area contributed by atoms with Gasteiger partial charge in [0.05, 0.1) is 6.61 Å². The van der Waals surface area contributed by atoms with Crippen LogP contribution in [0.3, 0.4) is 0 Å². The Labute approximate surface area is 162 Å². The molecule has 1 saturated carbocycles. The van der Waals surface area contributed by atoms with Crippen molar-refractivity contribution >= 4 is 18.2 Å². The molecule has 0 bridgehead atoms. The van der Waals surface area contributed by atoms with Crippen molar-refractivity contribution in [1.29, 1.82) is 0 Å². The van der Waals surface area contributed by atoms with E-state index in [2.05, 4.69) is 10.5 Å². The number of alkyl carbamates (subject to hydrolysis) is 1. The molecular formula is C18H25N3O7. The van der Waals surface area contributed by atoms with Gasteiger partial charge in [-0.1, -0.05) is 5.16 Å². The van der Waals surface area contributed by atoms with E-state index in [-0.39, 0.29) is 24.7 Å². The minimum Gasteiger partial charge on any atom is -0.465 e. The third kappa shape index (κ3) is 4.93. The molecule has 10 heteroatoms. The first-order chi connectivity index (χ1) is 13.5. The topological polar surface area (TPSA) is 131 Å². The van der Waals surface area contributed by atoms with Crippen LogP contribution in [0, 0.1) is 17.8 Å². The third-order valence-corrected chi connectivity index (χ3v) is 5.33. The number of esters is 1. The first-order valence-electron chi connectivity index (χ1n) is 9.47. The van der Waals surface area contributed by atoms with Crippen LogP contribution in [0.4, 0.5) is 9.59 Å². The molecule has 154 valence electrons. The quantitative estimate of drug-likeness (QED) is 0.671. The summed E-state index contributed by atoms with van der Waals surface area (Å²) in [5, 5.41) is 15.3. The van der Waals surface area contributed by atoms with Crippen molar-refractivity contribution in [3.8, 4) is 0 Å². The highest BCUT2D eigenvalue weighted by Crippen LogP contribution is 2.42. The zero-order valence-electron chi connectivity index (χ0n) is 15.8. The second-order valence-corrected chi connectivity index (χ2v) is 7.24. The maximum absolute atomic E-state index is 11.8. The van der Waals surface area contributed by atoms with E-state index in [1.54, 1.807) is 6.92 Å². The lowest BCUT2D eigenvalue weighted by atomic mass is 10.0. The molecule has 2 heterocycles. The third-order valence-electron chi connectivity index (χ3n) is 5.33. The van der Waals surface area contributed by atoms with E-state index >= 15 is 0 Å². The molecule has 2 N–H and O–H groups in total. The highest BCUT2D eigenvalue weighted by atomic mass is 16.6. The van der Waals surface area contributed by atoms with E-state index in [4.69, 9.17) is 19.1 Å². The van der Waals surface area contributed by atoms with Gasteiger partial charge in [0.25, 0.3) is 0 Å². The Hall–Kier alpha value is -2.78. The summed E-state index contributed by atoms with van der Waals surface area (Å²) in [4.78, 5) is 35.8. The first kappa shape index (κ1) is 20.0. The van der Waals surface area contributed by atoms with E-state index < -0.39 is 18.2 Å². The van der Waals surface area contributed by atoms with Crippen LogP contribution >= 0.6 is 0 Å². The number of nitrogens with one attached hydrogen (secondary N) is 1. The molecule has 0 unspecified atom stereocenters. The monoisotopic (exact) mass is 395 g/mol. The normalized spacial score (nSPS) is 23.3. The number of hydrogen-bond acceptors (Lipinski definition) is 7. The first-order valence-corrected chi connectivity index (χ1v) is 9.47. The van der Waals surface area contributed by atoms with Gasteiger partial charge in [0.1, 0.15) is 0 Å². The summed E-state index contributed by atoms with van der Waals surface area (Å²) in [6.07, 6.45) is 1.44. The van der Waals surface area contributed by atoms with Gasteiger partial charge in [-0.25, -0.2) is 14.4 Å². The maximum atomic E-state index is 11.8. The Morgan fingerprint density at radius 1 is 1.29 bits per heavy atom. The van der Waals surface area contributed by atoms with E-state index in [1.807, 2.05) is 0 Å². The Morgan fingerprint density at radius 3 is 2.64 bits per heavy atom. The Bertz CT molecular complexity index is 706. The Balaban J connectivity index is 1.31. The van der Waals surface area contributed by atoms with Crippen LogP contribution in [-0.4, -0.2) is 59.6 Å². The SMILES string of the molecule is CCOC(=O)c1cc(COC(=O)NCC[C@H]2C[C@@H]3CN(C(=O)O)C[C@@H]3C2)on1. The van der Waals surface area contributed by atoms with Gasteiger partial charge in [-0.2, -0.15) is 0 Å². The molecule has 2 aliphatic rings. The summed E-state index contributed by atoms with van der Waals surface area (Å²) in [5.41, 5.74) is 0.0362. The van der Waals surface area contributed by atoms with Crippen molar-refractivity contribution in [2.24, 2.45) is 17.8 Å². The van der Waals surface area contributed by atoms with Crippen LogP contribution in [0.5, 0.6) is 0 Å². The summed E-state index contributed by atoms with van der Waals surface area (Å²) in [6, 6.07) is 1.38. The minimum atomic E-state index is -0.837. The van der Waals surface area contributed by atoms with Gasteiger partial charge < -0.3 is 29.3 Å². The smallest absolute Gasteiger partial charge is 0.407 e. The molecule has 1 saturated heterocycles. The average Bonchev–Trinajstić information content (AvgIpc) is 3.34. The fraction of sp³-hybridized carbons (Fsp3) is 0.667. The molecule has 2 amide bonds. The van der Waals surface area contributed by atoms with Crippen molar-refractivity contribution in [1.82, 2.24) is 15.4 Å². The lowest BCUT2D eigenvalue weighted by Crippen LogP contribution is -2.29. The summed E-state index contributed by atoms with van der Waals surface area (Å²) in [7, 11) is 0. The number of fused-ring (bicyclic) bond motifs is 1. The van der Waals surface area contributed by atoms with Gasteiger partial charge in [0, 0.05) is 25.7 Å². The predicted molar refractivity (Wildman–Crippen MR) is 94.6 cm³/mol. The van der Waals surface area contributed by atoms with Crippen LogP contribution in [0.2, 0.25) is 0 Å². The van der Waals surface area contributed by atoms with Crippen molar-refractivity contribution in [2.45, 2.75) is 32.8 Å². The molecule has 2 fully saturated rings. The number of nitrogens with zero attached hydrogens (tertiary/aromatic N) is 2. The number of amides is 2. The van der Waals surface area contributed by atoms with Gasteiger partial charge in [0.15, 0.2) is 18.1 Å². The Morgan fingerprint density at radius 2 is 2.00 bits per heavy atom. The molecule has 1 aliphatic heterocycles. The molecule has 0 radical (unpaired) electrons. The van der Waals surface area contributed by atoms with Crippen molar-refractivity contribution in [3.63, 3.8) is 0 Å². The second kappa shape index (κ2) is 8.94. The fourth-order valence-electron chi connectivity index (χ4n) is 4.07. The maximum Gasteiger partial charge on any atom is 0.407 e. The minimum absolute atomic E-state index is 0.0362. The van der Waals surface area contributed by atoms with Crippen LogP contribution in [0.1, 0.15) is 42.4 Å². The van der Waals surface area contributed by atoms with E-state index in [9.17, 15) is 14.4 Å². The van der Waals surface area contributed by atoms with Crippen molar-refractivity contribution < 1.29 is 33.5 Å².